The first-order valence-electron chi connectivity index (χ1n) is 7.69. The Kier molecular flexibility index (Phi) is 5.92. The molecule has 4 nitrogen and oxygen atoms in total. The second-order valence-corrected chi connectivity index (χ2v) is 5.30. The van der Waals surface area contributed by atoms with E-state index in [2.05, 4.69) is 5.32 Å². The van der Waals surface area contributed by atoms with Crippen LogP contribution in [0.1, 0.15) is 18.1 Å². The van der Waals surface area contributed by atoms with Gasteiger partial charge in [-0.2, -0.15) is 0 Å². The molecule has 0 fully saturated rings. The number of hydrogen-bond donors (Lipinski definition) is 1. The van der Waals surface area contributed by atoms with E-state index in [0.717, 1.165) is 11.1 Å². The van der Waals surface area contributed by atoms with Crippen molar-refractivity contribution in [2.24, 2.45) is 5.92 Å². The van der Waals surface area contributed by atoms with Crippen LogP contribution in [0.5, 0.6) is 0 Å². The van der Waals surface area contributed by atoms with Crippen molar-refractivity contribution in [1.82, 2.24) is 0 Å². The van der Waals surface area contributed by atoms with Crippen LogP contribution in [0.2, 0.25) is 0 Å². The number of benzene rings is 2. The molecular formula is C19H21NO3. The summed E-state index contributed by atoms with van der Waals surface area (Å²) in [4.78, 5) is 24.8. The van der Waals surface area contributed by atoms with Gasteiger partial charge in [0, 0.05) is 5.69 Å². The Hall–Kier alpha value is -2.62. The zero-order valence-corrected chi connectivity index (χ0v) is 13.4. The second kappa shape index (κ2) is 8.13. The topological polar surface area (TPSA) is 55.4 Å². The molecule has 4 heteroatoms. The summed E-state index contributed by atoms with van der Waals surface area (Å²) in [5, 5.41) is 2.83. The number of aryl methyl sites for hydroxylation is 1. The molecule has 2 aromatic carbocycles. The van der Waals surface area contributed by atoms with Gasteiger partial charge in [0.05, 0.1) is 6.61 Å². The quantitative estimate of drug-likeness (QED) is 0.657. The number of hydrogen-bond acceptors (Lipinski definition) is 3. The van der Waals surface area contributed by atoms with E-state index in [1.54, 1.807) is 6.92 Å². The Labute approximate surface area is 136 Å². The molecule has 0 saturated carbocycles. The van der Waals surface area contributed by atoms with Crippen LogP contribution in [0.4, 0.5) is 5.69 Å². The van der Waals surface area contributed by atoms with Gasteiger partial charge in [-0.1, -0.05) is 48.5 Å². The van der Waals surface area contributed by atoms with Crippen LogP contribution in [-0.2, 0) is 20.7 Å². The molecule has 0 aliphatic heterocycles. The second-order valence-electron chi connectivity index (χ2n) is 5.30. The maximum Gasteiger partial charge on any atom is 0.318 e. The van der Waals surface area contributed by atoms with Crippen LogP contribution in [-0.4, -0.2) is 18.5 Å². The smallest absolute Gasteiger partial charge is 0.318 e. The van der Waals surface area contributed by atoms with E-state index in [0.29, 0.717) is 12.1 Å². The summed E-state index contributed by atoms with van der Waals surface area (Å²) >= 11 is 0. The fourth-order valence-corrected chi connectivity index (χ4v) is 2.31. The average molecular weight is 311 g/mol. The lowest BCUT2D eigenvalue weighted by molar-refractivity contribution is -0.150. The van der Waals surface area contributed by atoms with Gasteiger partial charge in [0.1, 0.15) is 5.92 Å². The van der Waals surface area contributed by atoms with Gasteiger partial charge in [-0.25, -0.2) is 0 Å². The molecule has 0 radical (unpaired) electrons. The Morgan fingerprint density at radius 1 is 1.04 bits per heavy atom. The van der Waals surface area contributed by atoms with E-state index in [-0.39, 0.29) is 12.5 Å². The van der Waals surface area contributed by atoms with Crippen molar-refractivity contribution in [2.45, 2.75) is 20.3 Å². The lowest BCUT2D eigenvalue weighted by Crippen LogP contribution is -2.33. The summed E-state index contributed by atoms with van der Waals surface area (Å²) in [6, 6.07) is 16.9. The molecule has 23 heavy (non-hydrogen) atoms. The first kappa shape index (κ1) is 16.7. The van der Waals surface area contributed by atoms with Gasteiger partial charge in [0.25, 0.3) is 0 Å². The molecule has 0 heterocycles. The van der Waals surface area contributed by atoms with Gasteiger partial charge < -0.3 is 10.1 Å². The van der Waals surface area contributed by atoms with Gasteiger partial charge in [-0.15, -0.1) is 0 Å². The van der Waals surface area contributed by atoms with Gasteiger partial charge in [-0.3, -0.25) is 9.59 Å². The van der Waals surface area contributed by atoms with Crippen molar-refractivity contribution < 1.29 is 14.3 Å². The molecule has 2 aromatic rings. The van der Waals surface area contributed by atoms with E-state index in [1.165, 1.54) is 0 Å². The van der Waals surface area contributed by atoms with E-state index < -0.39 is 11.9 Å². The predicted octanol–water partition coefficient (Wildman–Crippen LogP) is 3.36. The maximum absolute atomic E-state index is 12.6. The van der Waals surface area contributed by atoms with Crippen molar-refractivity contribution in [3.05, 3.63) is 65.7 Å². The molecule has 1 atom stereocenters. The minimum atomic E-state index is -0.864. The molecule has 0 aliphatic rings. The lowest BCUT2D eigenvalue weighted by atomic mass is 9.98. The first-order valence-corrected chi connectivity index (χ1v) is 7.69. The third kappa shape index (κ3) is 4.68. The van der Waals surface area contributed by atoms with Crippen molar-refractivity contribution in [1.29, 1.82) is 0 Å². The Morgan fingerprint density at radius 3 is 2.35 bits per heavy atom. The molecule has 1 amide bonds. The lowest BCUT2D eigenvalue weighted by Gasteiger charge is -2.16. The molecule has 0 spiro atoms. The SMILES string of the molecule is CCOC(=O)[C@H](Cc1ccccc1)C(=O)Nc1ccccc1C. The minimum absolute atomic E-state index is 0.252. The van der Waals surface area contributed by atoms with Crippen LogP contribution in [0.25, 0.3) is 0 Å². The molecule has 0 unspecified atom stereocenters. The Bertz CT molecular complexity index is 667. The summed E-state index contributed by atoms with van der Waals surface area (Å²) in [5.74, 6) is -1.71. The molecular weight excluding hydrogens is 290 g/mol. The predicted molar refractivity (Wildman–Crippen MR) is 90.1 cm³/mol. The number of nitrogens with one attached hydrogen (secondary N) is 1. The van der Waals surface area contributed by atoms with Gasteiger partial charge >= 0.3 is 5.97 Å². The molecule has 1 N–H and O–H groups in total. The third-order valence-electron chi connectivity index (χ3n) is 3.57. The number of esters is 1. The number of ether oxygens (including phenoxy) is 1. The van der Waals surface area contributed by atoms with Gasteiger partial charge in [-0.05, 0) is 37.5 Å². The zero-order valence-electron chi connectivity index (χ0n) is 13.4. The highest BCUT2D eigenvalue weighted by Gasteiger charge is 2.28. The van der Waals surface area contributed by atoms with E-state index in [4.69, 9.17) is 4.74 Å². The molecule has 0 aromatic heterocycles. The number of para-hydroxylation sites is 1. The third-order valence-corrected chi connectivity index (χ3v) is 3.57. The van der Waals surface area contributed by atoms with Crippen molar-refractivity contribution in [3.8, 4) is 0 Å². The van der Waals surface area contributed by atoms with E-state index >= 15 is 0 Å². The first-order chi connectivity index (χ1) is 11.1. The normalized spacial score (nSPS) is 11.6. The summed E-state index contributed by atoms with van der Waals surface area (Å²) < 4.78 is 5.07. The van der Waals surface area contributed by atoms with Crippen molar-refractivity contribution in [2.75, 3.05) is 11.9 Å². The molecule has 120 valence electrons. The van der Waals surface area contributed by atoms with Crippen LogP contribution < -0.4 is 5.32 Å². The molecule has 2 rings (SSSR count). The van der Waals surface area contributed by atoms with Gasteiger partial charge in [0.15, 0.2) is 0 Å². The van der Waals surface area contributed by atoms with Crippen LogP contribution in [0.3, 0.4) is 0 Å². The number of amides is 1. The van der Waals surface area contributed by atoms with E-state index in [1.807, 2.05) is 61.5 Å². The summed E-state index contributed by atoms with van der Waals surface area (Å²) in [6.45, 7) is 3.89. The number of carbonyl (C=O) groups is 2. The summed E-state index contributed by atoms with van der Waals surface area (Å²) in [6.07, 6.45) is 0.317. The Balaban J connectivity index is 2.17. The van der Waals surface area contributed by atoms with Crippen molar-refractivity contribution in [3.63, 3.8) is 0 Å². The maximum atomic E-state index is 12.6. The number of anilines is 1. The number of rotatable bonds is 6. The highest BCUT2D eigenvalue weighted by molar-refractivity contribution is 6.05. The van der Waals surface area contributed by atoms with Crippen LogP contribution >= 0.6 is 0 Å². The van der Waals surface area contributed by atoms with Crippen LogP contribution in [0.15, 0.2) is 54.6 Å². The summed E-state index contributed by atoms with van der Waals surface area (Å²) in [5.41, 5.74) is 2.58. The fourth-order valence-electron chi connectivity index (χ4n) is 2.31. The summed E-state index contributed by atoms with van der Waals surface area (Å²) in [7, 11) is 0. The fraction of sp³-hybridized carbons (Fsp3) is 0.263. The van der Waals surface area contributed by atoms with Gasteiger partial charge in [0.2, 0.25) is 5.91 Å². The molecule has 0 saturated heterocycles. The minimum Gasteiger partial charge on any atom is -0.465 e. The average Bonchev–Trinajstić information content (AvgIpc) is 2.56. The molecule has 0 bridgehead atoms. The highest BCUT2D eigenvalue weighted by atomic mass is 16.5. The largest absolute Gasteiger partial charge is 0.465 e. The van der Waals surface area contributed by atoms with Crippen LogP contribution in [0, 0.1) is 12.8 Å². The highest BCUT2D eigenvalue weighted by Crippen LogP contribution is 2.17. The standard InChI is InChI=1S/C19H21NO3/c1-3-23-19(22)16(13-15-10-5-4-6-11-15)18(21)20-17-12-8-7-9-14(17)2/h4-12,16H,3,13H2,1-2H3,(H,20,21)/t16-/m1/s1. The number of carbonyl (C=O) groups excluding carboxylic acids is 2. The Morgan fingerprint density at radius 2 is 1.70 bits per heavy atom. The van der Waals surface area contributed by atoms with Crippen molar-refractivity contribution >= 4 is 17.6 Å². The molecule has 0 aliphatic carbocycles. The monoisotopic (exact) mass is 311 g/mol. The van der Waals surface area contributed by atoms with E-state index in [9.17, 15) is 9.59 Å². The zero-order chi connectivity index (χ0) is 16.7.